The van der Waals surface area contributed by atoms with Crippen molar-refractivity contribution in [3.8, 4) is 0 Å². The van der Waals surface area contributed by atoms with E-state index in [0.717, 1.165) is 112 Å². The third-order valence-electron chi connectivity index (χ3n) is 16.2. The highest BCUT2D eigenvalue weighted by molar-refractivity contribution is 5.99. The van der Waals surface area contributed by atoms with Gasteiger partial charge in [-0.05, 0) is 109 Å². The molecule has 6 fully saturated rings. The molecule has 0 aromatic carbocycles. The normalized spacial score (nSPS) is 21.1. The number of ether oxygens (including phenoxy) is 1. The number of fused-ring (bicyclic) bond motifs is 6. The molecule has 22 nitrogen and oxygen atoms in total. The maximum absolute atomic E-state index is 13.4. The first kappa shape index (κ1) is 53.3. The summed E-state index contributed by atoms with van der Waals surface area (Å²) in [6.45, 7) is 8.04. The lowest BCUT2D eigenvalue weighted by Crippen LogP contribution is -2.57. The Kier molecular flexibility index (Phi) is 14.7. The molecular weight excluding hydrogens is 1000 g/mol. The summed E-state index contributed by atoms with van der Waals surface area (Å²) < 4.78 is 9.78. The van der Waals surface area contributed by atoms with Gasteiger partial charge in [-0.25, -0.2) is 24.7 Å². The van der Waals surface area contributed by atoms with Gasteiger partial charge in [0.2, 0.25) is 11.9 Å². The van der Waals surface area contributed by atoms with Gasteiger partial charge in [0.1, 0.15) is 39.9 Å². The molecular formula is C57H72N16O6. The molecule has 2 saturated carbocycles. The van der Waals surface area contributed by atoms with E-state index in [1.54, 1.807) is 87.0 Å². The van der Waals surface area contributed by atoms with Gasteiger partial charge in [-0.15, -0.1) is 0 Å². The molecule has 0 radical (unpaired) electrons. The van der Waals surface area contributed by atoms with Crippen molar-refractivity contribution in [2.45, 2.75) is 140 Å². The van der Waals surface area contributed by atoms with E-state index in [1.165, 1.54) is 0 Å². The van der Waals surface area contributed by atoms with Crippen LogP contribution in [0, 0.1) is 0 Å². The van der Waals surface area contributed by atoms with E-state index in [2.05, 4.69) is 45.0 Å². The highest BCUT2D eigenvalue weighted by atomic mass is 16.6. The lowest BCUT2D eigenvalue weighted by Gasteiger charge is -2.41. The second-order valence-electron chi connectivity index (χ2n) is 23.5. The van der Waals surface area contributed by atoms with Gasteiger partial charge in [0.15, 0.2) is 0 Å². The summed E-state index contributed by atoms with van der Waals surface area (Å²) in [5.41, 5.74) is 3.26. The van der Waals surface area contributed by atoms with Crippen LogP contribution >= 0.6 is 0 Å². The first-order valence-corrected chi connectivity index (χ1v) is 28.0. The number of anilines is 4. The van der Waals surface area contributed by atoms with Crippen LogP contribution in [0.4, 0.5) is 28.3 Å². The first-order valence-electron chi connectivity index (χ1n) is 28.0. The summed E-state index contributed by atoms with van der Waals surface area (Å²) in [6, 6.07) is 12.0. The standard InChI is InChI=1S/C31H40N8O4.C26H32N8O2/c1-31(2,3)43-30(42)38-22-11-12-23(38)18-37(17-22)27(40)19-10-13-25(32-15-19)34-29-33-16-20-14-24(28(41)36(4)5)39(26(20)35-29)21-8-6-7-9-21;1-32(2)25(36)21-11-17-13-28-26(31-23(17)34(21)20-5-3-4-6-20)30-22-10-7-16(12-27-22)24(35)33-14-18-8-9-19(15-33)29-18/h10,13-16,21-23H,6-9,11-12,17-18H2,1-5H3,(H,32,33,34,35);7,10-13,18-20,29H,3-6,8-9,14-15H2,1-2H3,(H,27,28,30,31). The van der Waals surface area contributed by atoms with Crippen LogP contribution in [0.25, 0.3) is 22.1 Å². The van der Waals surface area contributed by atoms with Gasteiger partial charge in [-0.1, -0.05) is 25.7 Å². The third-order valence-corrected chi connectivity index (χ3v) is 16.2. The van der Waals surface area contributed by atoms with E-state index in [1.807, 2.05) is 47.6 Å². The number of likely N-dealkylation sites (tertiary alicyclic amines) is 2. The Bertz CT molecular complexity index is 3240. The Morgan fingerprint density at radius 2 is 0.987 bits per heavy atom. The minimum absolute atomic E-state index is 0.0256. The average Bonchev–Trinajstić information content (AvgIpc) is 4.51. The number of nitrogens with zero attached hydrogens (tertiary/aromatic N) is 13. The smallest absolute Gasteiger partial charge is 0.410 e. The van der Waals surface area contributed by atoms with Crippen molar-refractivity contribution in [1.29, 1.82) is 0 Å². The zero-order chi connectivity index (χ0) is 55.3. The number of aromatic nitrogens is 8. The van der Waals surface area contributed by atoms with Crippen molar-refractivity contribution < 1.29 is 28.7 Å². The second kappa shape index (κ2) is 21.8. The molecule has 6 aromatic rings. The molecule has 416 valence electrons. The van der Waals surface area contributed by atoms with Crippen LogP contribution in [0.2, 0.25) is 0 Å². The third kappa shape index (κ3) is 11.2. The SMILES string of the molecule is CN(C)C(=O)c1cc2cnc(Nc3ccc(C(=O)N4CC5CCC(C4)N5)cn3)nc2n1C1CCCC1.CN(C)C(=O)c1cc2cnc(Nc3ccc(C(=O)N4CC5CCC(C4)N5C(=O)OC(C)(C)C)cn3)nc2n1C1CCCC1. The van der Waals surface area contributed by atoms with E-state index in [9.17, 15) is 24.0 Å². The van der Waals surface area contributed by atoms with Crippen LogP contribution in [0.5, 0.6) is 0 Å². The van der Waals surface area contributed by atoms with E-state index < -0.39 is 5.60 Å². The van der Waals surface area contributed by atoms with Crippen molar-refractivity contribution in [1.82, 2.24) is 68.9 Å². The van der Waals surface area contributed by atoms with E-state index in [0.29, 0.717) is 71.2 Å². The molecule has 22 heteroatoms. The molecule has 6 aromatic heterocycles. The van der Waals surface area contributed by atoms with Gasteiger partial charge < -0.3 is 49.4 Å². The van der Waals surface area contributed by atoms with Gasteiger partial charge in [0.25, 0.3) is 23.6 Å². The minimum Gasteiger partial charge on any atom is -0.444 e. The van der Waals surface area contributed by atoms with Crippen molar-refractivity contribution in [2.24, 2.45) is 0 Å². The Morgan fingerprint density at radius 1 is 0.557 bits per heavy atom. The van der Waals surface area contributed by atoms with Crippen LogP contribution in [0.15, 0.2) is 61.2 Å². The molecule has 10 heterocycles. The number of rotatable bonds is 10. The Balaban J connectivity index is 0.000000170. The Labute approximate surface area is 459 Å². The number of carbonyl (C=O) groups excluding carboxylic acids is 5. The van der Waals surface area contributed by atoms with Crippen LogP contribution < -0.4 is 16.0 Å². The molecule has 5 amide bonds. The summed E-state index contributed by atoms with van der Waals surface area (Å²) in [5, 5.41) is 11.5. The fourth-order valence-corrected chi connectivity index (χ4v) is 12.4. The Morgan fingerprint density at radius 3 is 1.38 bits per heavy atom. The lowest BCUT2D eigenvalue weighted by atomic mass is 10.1. The van der Waals surface area contributed by atoms with Crippen molar-refractivity contribution in [3.63, 3.8) is 0 Å². The molecule has 4 unspecified atom stereocenters. The second-order valence-corrected chi connectivity index (χ2v) is 23.5. The molecule has 79 heavy (non-hydrogen) atoms. The Hall–Kier alpha value is -7.75. The van der Waals surface area contributed by atoms with Gasteiger partial charge >= 0.3 is 6.09 Å². The summed E-state index contributed by atoms with van der Waals surface area (Å²) >= 11 is 0. The predicted molar refractivity (Wildman–Crippen MR) is 298 cm³/mol. The zero-order valence-electron chi connectivity index (χ0n) is 46.3. The van der Waals surface area contributed by atoms with Gasteiger partial charge in [-0.2, -0.15) is 9.97 Å². The molecule has 2 aliphatic carbocycles. The molecule has 4 atom stereocenters. The number of piperazine rings is 2. The molecule has 6 aliphatic rings. The van der Waals surface area contributed by atoms with Gasteiger partial charge in [0, 0.05) is 114 Å². The average molecular weight is 1080 g/mol. The summed E-state index contributed by atoms with van der Waals surface area (Å²) in [7, 11) is 7.05. The predicted octanol–water partition coefficient (Wildman–Crippen LogP) is 7.57. The highest BCUT2D eigenvalue weighted by Crippen LogP contribution is 2.37. The highest BCUT2D eigenvalue weighted by Gasteiger charge is 2.46. The van der Waals surface area contributed by atoms with E-state index >= 15 is 0 Å². The zero-order valence-corrected chi connectivity index (χ0v) is 46.3. The molecule has 0 spiro atoms. The molecule has 12 rings (SSSR count). The number of pyridine rings is 2. The minimum atomic E-state index is -0.559. The quantitative estimate of drug-likeness (QED) is 0.120. The molecule has 4 bridgehead atoms. The number of amides is 5. The fraction of sp³-hybridized carbons (Fsp3) is 0.526. The van der Waals surface area contributed by atoms with Crippen LogP contribution in [0.1, 0.15) is 152 Å². The van der Waals surface area contributed by atoms with Crippen molar-refractivity contribution in [2.75, 3.05) is 65.0 Å². The number of hydrogen-bond acceptors (Lipinski definition) is 15. The maximum Gasteiger partial charge on any atom is 0.410 e. The number of nitrogens with one attached hydrogen (secondary N) is 3. The topological polar surface area (TPSA) is 234 Å². The summed E-state index contributed by atoms with van der Waals surface area (Å²) in [6.07, 6.45) is 19.0. The fourth-order valence-electron chi connectivity index (χ4n) is 12.4. The largest absolute Gasteiger partial charge is 0.444 e. The van der Waals surface area contributed by atoms with E-state index in [4.69, 9.17) is 14.7 Å². The van der Waals surface area contributed by atoms with Gasteiger partial charge in [-0.3, -0.25) is 24.1 Å². The first-order chi connectivity index (χ1) is 37.9. The lowest BCUT2D eigenvalue weighted by molar-refractivity contribution is -0.00337. The van der Waals surface area contributed by atoms with Crippen molar-refractivity contribution >= 4 is 75.3 Å². The summed E-state index contributed by atoms with van der Waals surface area (Å²) in [5.74, 6) is 1.69. The van der Waals surface area contributed by atoms with Crippen LogP contribution in [-0.2, 0) is 4.74 Å². The molecule has 4 aliphatic heterocycles. The maximum atomic E-state index is 13.4. The summed E-state index contributed by atoms with van der Waals surface area (Å²) in [4.78, 5) is 101. The van der Waals surface area contributed by atoms with Crippen molar-refractivity contribution in [3.05, 3.63) is 83.7 Å². The number of hydrogen-bond donors (Lipinski definition) is 3. The van der Waals surface area contributed by atoms with Gasteiger partial charge in [0.05, 0.1) is 23.2 Å². The van der Waals surface area contributed by atoms with Crippen LogP contribution in [0.3, 0.4) is 0 Å². The van der Waals surface area contributed by atoms with Crippen LogP contribution in [-0.4, -0.2) is 177 Å². The monoisotopic (exact) mass is 1080 g/mol. The molecule has 4 saturated heterocycles. The van der Waals surface area contributed by atoms with E-state index in [-0.39, 0.29) is 53.9 Å². The number of carbonyl (C=O) groups is 5. The molecule has 3 N–H and O–H groups in total.